The SMILES string of the molecule is CC(C=CC=C(C)C=CC1=C(C)C(=O)C(O)=CC1(C)C)=CC=CC=C(C)C=CC=C(C)C=Cc1ccc(C)c(C)c1C. The van der Waals surface area contributed by atoms with E-state index in [9.17, 15) is 9.90 Å². The van der Waals surface area contributed by atoms with Crippen LogP contribution in [0.25, 0.3) is 6.08 Å². The summed E-state index contributed by atoms with van der Waals surface area (Å²) >= 11 is 0. The molecule has 0 radical (unpaired) electrons. The van der Waals surface area contributed by atoms with Crippen LogP contribution < -0.4 is 0 Å². The fraction of sp³-hybridized carbons (Fsp3) is 0.275. The molecule has 2 rings (SSSR count). The van der Waals surface area contributed by atoms with E-state index in [0.717, 1.165) is 16.7 Å². The Morgan fingerprint density at radius 1 is 0.667 bits per heavy atom. The average molecular weight is 561 g/mol. The highest BCUT2D eigenvalue weighted by atomic mass is 16.3. The minimum Gasteiger partial charge on any atom is -0.504 e. The summed E-state index contributed by atoms with van der Waals surface area (Å²) < 4.78 is 0. The Hall–Kier alpha value is -4.17. The molecule has 220 valence electrons. The molecule has 1 aromatic rings. The fourth-order valence-corrected chi connectivity index (χ4v) is 4.56. The molecule has 0 spiro atoms. The van der Waals surface area contributed by atoms with E-state index in [1.54, 1.807) is 13.0 Å². The molecule has 0 heterocycles. The number of hydrogen-bond donors (Lipinski definition) is 1. The van der Waals surface area contributed by atoms with E-state index in [1.165, 1.54) is 33.4 Å². The van der Waals surface area contributed by atoms with Crippen LogP contribution in [0, 0.1) is 26.2 Å². The normalized spacial score (nSPS) is 17.8. The molecule has 0 unspecified atom stereocenters. The highest BCUT2D eigenvalue weighted by Crippen LogP contribution is 2.37. The minimum absolute atomic E-state index is 0.168. The van der Waals surface area contributed by atoms with E-state index in [1.807, 2.05) is 51.2 Å². The summed E-state index contributed by atoms with van der Waals surface area (Å²) in [5, 5.41) is 9.88. The largest absolute Gasteiger partial charge is 0.504 e. The number of allylic oxidation sites excluding steroid dienone is 20. The quantitative estimate of drug-likeness (QED) is 0.289. The van der Waals surface area contributed by atoms with Gasteiger partial charge >= 0.3 is 0 Å². The number of Topliss-reactive ketones (excluding diaryl/α,β-unsaturated/α-hetero) is 1. The first-order valence-corrected chi connectivity index (χ1v) is 14.6. The van der Waals surface area contributed by atoms with Gasteiger partial charge < -0.3 is 5.11 Å². The number of benzene rings is 1. The molecular formula is C40H48O2. The molecule has 0 atom stereocenters. The van der Waals surface area contributed by atoms with Crippen molar-refractivity contribution in [2.45, 2.75) is 69.2 Å². The summed E-state index contributed by atoms with van der Waals surface area (Å²) in [5.41, 5.74) is 11.0. The van der Waals surface area contributed by atoms with Crippen LogP contribution in [0.2, 0.25) is 0 Å². The second-order valence-corrected chi connectivity index (χ2v) is 11.8. The first kappa shape index (κ1) is 34.0. The van der Waals surface area contributed by atoms with Gasteiger partial charge in [-0.1, -0.05) is 133 Å². The average Bonchev–Trinajstić information content (AvgIpc) is 2.92. The number of carbonyl (C=O) groups is 1. The van der Waals surface area contributed by atoms with E-state index < -0.39 is 5.41 Å². The van der Waals surface area contributed by atoms with Crippen molar-refractivity contribution in [3.63, 3.8) is 0 Å². The Kier molecular flexibility index (Phi) is 12.7. The van der Waals surface area contributed by atoms with Crippen molar-refractivity contribution >= 4 is 11.9 Å². The van der Waals surface area contributed by atoms with Crippen LogP contribution in [0.3, 0.4) is 0 Å². The van der Waals surface area contributed by atoms with Crippen LogP contribution in [0.15, 0.2) is 136 Å². The van der Waals surface area contributed by atoms with Crippen molar-refractivity contribution in [2.24, 2.45) is 5.41 Å². The maximum atomic E-state index is 12.2. The third-order valence-corrected chi connectivity index (χ3v) is 7.57. The van der Waals surface area contributed by atoms with Gasteiger partial charge in [0.1, 0.15) is 0 Å². The van der Waals surface area contributed by atoms with Gasteiger partial charge in [-0.2, -0.15) is 0 Å². The molecular weight excluding hydrogens is 512 g/mol. The summed E-state index contributed by atoms with van der Waals surface area (Å²) in [6, 6.07) is 4.37. The van der Waals surface area contributed by atoms with Crippen LogP contribution in [-0.4, -0.2) is 10.9 Å². The minimum atomic E-state index is -0.392. The summed E-state index contributed by atoms with van der Waals surface area (Å²) in [5.74, 6) is -0.470. The lowest BCUT2D eigenvalue weighted by Gasteiger charge is -2.28. The molecule has 2 nitrogen and oxygen atoms in total. The maximum absolute atomic E-state index is 12.2. The lowest BCUT2D eigenvalue weighted by molar-refractivity contribution is -0.114. The van der Waals surface area contributed by atoms with Gasteiger partial charge in [0.2, 0.25) is 5.78 Å². The van der Waals surface area contributed by atoms with Gasteiger partial charge in [0, 0.05) is 11.0 Å². The summed E-state index contributed by atoms with van der Waals surface area (Å²) in [6.07, 6.45) is 30.7. The lowest BCUT2D eigenvalue weighted by atomic mass is 9.76. The number of aliphatic hydroxyl groups is 1. The van der Waals surface area contributed by atoms with Crippen molar-refractivity contribution in [2.75, 3.05) is 0 Å². The number of aliphatic hydroxyl groups excluding tert-OH is 1. The zero-order chi connectivity index (χ0) is 31.4. The lowest BCUT2D eigenvalue weighted by Crippen LogP contribution is -2.23. The first-order chi connectivity index (χ1) is 19.7. The zero-order valence-corrected chi connectivity index (χ0v) is 27.2. The Morgan fingerprint density at radius 3 is 1.69 bits per heavy atom. The second kappa shape index (κ2) is 15.7. The Balaban J connectivity index is 1.92. The van der Waals surface area contributed by atoms with Crippen molar-refractivity contribution in [1.29, 1.82) is 0 Å². The number of rotatable bonds is 10. The molecule has 0 saturated heterocycles. The van der Waals surface area contributed by atoms with Crippen LogP contribution in [0.1, 0.15) is 70.7 Å². The predicted octanol–water partition coefficient (Wildman–Crippen LogP) is 11.0. The van der Waals surface area contributed by atoms with Gasteiger partial charge in [0.15, 0.2) is 5.76 Å². The number of aryl methyl sites for hydroxylation is 1. The van der Waals surface area contributed by atoms with Gasteiger partial charge in [-0.05, 0) is 89.3 Å². The third kappa shape index (κ3) is 10.3. The van der Waals surface area contributed by atoms with E-state index >= 15 is 0 Å². The van der Waals surface area contributed by atoms with E-state index in [-0.39, 0.29) is 11.5 Å². The molecule has 1 aromatic carbocycles. The highest BCUT2D eigenvalue weighted by Gasteiger charge is 2.30. The van der Waals surface area contributed by atoms with Gasteiger partial charge in [0.05, 0.1) is 0 Å². The van der Waals surface area contributed by atoms with Gasteiger partial charge in [-0.3, -0.25) is 4.79 Å². The Bertz CT molecular complexity index is 1510. The fourth-order valence-electron chi connectivity index (χ4n) is 4.56. The molecule has 0 aliphatic heterocycles. The summed E-state index contributed by atoms with van der Waals surface area (Å²) in [4.78, 5) is 12.2. The van der Waals surface area contributed by atoms with Crippen molar-refractivity contribution in [1.82, 2.24) is 0 Å². The number of carbonyl (C=O) groups excluding carboxylic acids is 1. The van der Waals surface area contributed by atoms with Crippen molar-refractivity contribution < 1.29 is 9.90 Å². The first-order valence-electron chi connectivity index (χ1n) is 14.6. The molecule has 0 amide bonds. The second-order valence-electron chi connectivity index (χ2n) is 11.8. The van der Waals surface area contributed by atoms with Gasteiger partial charge in [-0.15, -0.1) is 0 Å². The van der Waals surface area contributed by atoms with Crippen LogP contribution in [0.4, 0.5) is 0 Å². The van der Waals surface area contributed by atoms with Crippen molar-refractivity contribution in [3.05, 3.63) is 159 Å². The van der Waals surface area contributed by atoms with E-state index in [2.05, 4.69) is 108 Å². The predicted molar refractivity (Wildman–Crippen MR) is 183 cm³/mol. The van der Waals surface area contributed by atoms with E-state index in [0.29, 0.717) is 5.57 Å². The van der Waals surface area contributed by atoms with Gasteiger partial charge in [0.25, 0.3) is 0 Å². The molecule has 1 N–H and O–H groups in total. The summed E-state index contributed by atoms with van der Waals surface area (Å²) in [7, 11) is 0. The highest BCUT2D eigenvalue weighted by molar-refractivity contribution is 6.08. The Labute approximate surface area is 254 Å². The standard InChI is InChI=1S/C40H48O2/c1-28(17-13-19-30(3)21-24-36-25-23-32(5)33(6)34(36)7)15-11-12-16-29(2)18-14-20-31(4)22-26-37-35(8)39(42)38(41)27-40(37,9)10/h11-27,41H,1-10H3. The molecule has 0 aromatic heterocycles. The molecule has 0 saturated carbocycles. The topological polar surface area (TPSA) is 37.3 Å². The maximum Gasteiger partial charge on any atom is 0.222 e. The monoisotopic (exact) mass is 560 g/mol. The van der Waals surface area contributed by atoms with Crippen LogP contribution in [-0.2, 0) is 4.79 Å². The van der Waals surface area contributed by atoms with E-state index in [4.69, 9.17) is 0 Å². The number of ketones is 1. The van der Waals surface area contributed by atoms with Crippen LogP contribution >= 0.6 is 0 Å². The third-order valence-electron chi connectivity index (χ3n) is 7.57. The zero-order valence-electron chi connectivity index (χ0n) is 27.2. The summed E-state index contributed by atoms with van der Waals surface area (Å²) in [6.45, 7) is 20.6. The van der Waals surface area contributed by atoms with Crippen LogP contribution in [0.5, 0.6) is 0 Å². The Morgan fingerprint density at radius 2 is 1.14 bits per heavy atom. The molecule has 0 fully saturated rings. The molecule has 42 heavy (non-hydrogen) atoms. The molecule has 2 heteroatoms. The number of hydrogen-bond acceptors (Lipinski definition) is 2. The molecule has 0 bridgehead atoms. The molecule has 1 aliphatic carbocycles. The van der Waals surface area contributed by atoms with Gasteiger partial charge in [-0.25, -0.2) is 0 Å². The smallest absolute Gasteiger partial charge is 0.222 e. The van der Waals surface area contributed by atoms with Crippen molar-refractivity contribution in [3.8, 4) is 0 Å². The molecule has 1 aliphatic rings.